The number of amides is 1. The number of carbonyl (C=O) groups excluding carboxylic acids is 1. The predicted octanol–water partition coefficient (Wildman–Crippen LogP) is 1.74. The smallest absolute Gasteiger partial charge is 0.222 e. The lowest BCUT2D eigenvalue weighted by Gasteiger charge is -2.37. The molecule has 0 aliphatic carbocycles. The molecular weight excluding hydrogens is 266 g/mol. The second-order valence-corrected chi connectivity index (χ2v) is 5.28. The molecule has 19 heavy (non-hydrogen) atoms. The van der Waals surface area contributed by atoms with Gasteiger partial charge in [0.05, 0.1) is 18.1 Å². The summed E-state index contributed by atoms with van der Waals surface area (Å²) in [6.45, 7) is 3.08. The van der Waals surface area contributed by atoms with E-state index in [4.69, 9.17) is 11.6 Å². The lowest BCUT2D eigenvalue weighted by atomic mass is 9.88. The summed E-state index contributed by atoms with van der Waals surface area (Å²) in [5.41, 5.74) is -0.538. The van der Waals surface area contributed by atoms with Crippen molar-refractivity contribution in [3.8, 4) is 0 Å². The van der Waals surface area contributed by atoms with Crippen LogP contribution < -0.4 is 0 Å². The van der Waals surface area contributed by atoms with Crippen LogP contribution in [0.3, 0.4) is 0 Å². The Kier molecular flexibility index (Phi) is 4.37. The first-order valence-corrected chi connectivity index (χ1v) is 6.91. The van der Waals surface area contributed by atoms with Crippen LogP contribution in [-0.2, 0) is 10.4 Å². The SMILES string of the molecule is CCCC(=O)N1CCC(O)(c2cncc(Cl)n2)CC1. The van der Waals surface area contributed by atoms with E-state index in [1.54, 1.807) is 4.90 Å². The van der Waals surface area contributed by atoms with Gasteiger partial charge in [0, 0.05) is 19.5 Å². The Morgan fingerprint density at radius 2 is 2.16 bits per heavy atom. The molecule has 6 heteroatoms. The number of hydrogen-bond acceptors (Lipinski definition) is 4. The van der Waals surface area contributed by atoms with Gasteiger partial charge in [0.1, 0.15) is 10.8 Å². The van der Waals surface area contributed by atoms with Gasteiger partial charge in [-0.1, -0.05) is 18.5 Å². The molecule has 0 atom stereocenters. The molecule has 1 amide bonds. The molecule has 0 unspecified atom stereocenters. The van der Waals surface area contributed by atoms with Gasteiger partial charge in [-0.05, 0) is 19.3 Å². The molecule has 1 aromatic heterocycles. The number of aliphatic hydroxyl groups is 1. The summed E-state index contributed by atoms with van der Waals surface area (Å²) in [5, 5.41) is 10.9. The van der Waals surface area contributed by atoms with Crippen LogP contribution >= 0.6 is 11.6 Å². The van der Waals surface area contributed by atoms with Gasteiger partial charge in [-0.25, -0.2) is 4.98 Å². The molecule has 1 aliphatic heterocycles. The second-order valence-electron chi connectivity index (χ2n) is 4.89. The molecule has 1 fully saturated rings. The van der Waals surface area contributed by atoms with Crippen molar-refractivity contribution in [1.29, 1.82) is 0 Å². The van der Waals surface area contributed by atoms with Crippen LogP contribution in [0, 0.1) is 0 Å². The maximum Gasteiger partial charge on any atom is 0.222 e. The zero-order valence-corrected chi connectivity index (χ0v) is 11.7. The van der Waals surface area contributed by atoms with Crippen molar-refractivity contribution < 1.29 is 9.90 Å². The number of likely N-dealkylation sites (tertiary alicyclic amines) is 1. The standard InChI is InChI=1S/C13H18ClN3O2/c1-2-3-12(18)17-6-4-13(19,5-7-17)10-8-15-9-11(14)16-10/h8-9,19H,2-7H2,1H3. The van der Waals surface area contributed by atoms with E-state index in [2.05, 4.69) is 9.97 Å². The number of halogens is 1. The fraction of sp³-hybridized carbons (Fsp3) is 0.615. The summed E-state index contributed by atoms with van der Waals surface area (Å²) in [6.07, 6.45) is 5.33. The van der Waals surface area contributed by atoms with Crippen LogP contribution in [0.1, 0.15) is 38.3 Å². The first-order valence-electron chi connectivity index (χ1n) is 6.53. The minimum atomic E-state index is -1.03. The summed E-state index contributed by atoms with van der Waals surface area (Å²) in [5.74, 6) is 0.154. The summed E-state index contributed by atoms with van der Waals surface area (Å²) in [4.78, 5) is 21.7. The third kappa shape index (κ3) is 3.22. The average Bonchev–Trinajstić information content (AvgIpc) is 2.40. The predicted molar refractivity (Wildman–Crippen MR) is 71.7 cm³/mol. The van der Waals surface area contributed by atoms with Gasteiger partial charge >= 0.3 is 0 Å². The topological polar surface area (TPSA) is 66.3 Å². The number of carbonyl (C=O) groups is 1. The van der Waals surface area contributed by atoms with Crippen LogP contribution in [0.25, 0.3) is 0 Å². The fourth-order valence-electron chi connectivity index (χ4n) is 2.32. The normalized spacial score (nSPS) is 18.4. The number of piperidine rings is 1. The Hall–Kier alpha value is -1.20. The zero-order valence-electron chi connectivity index (χ0n) is 11.0. The van der Waals surface area contributed by atoms with E-state index in [0.29, 0.717) is 38.0 Å². The molecule has 0 radical (unpaired) electrons. The van der Waals surface area contributed by atoms with Crippen LogP contribution in [0.15, 0.2) is 12.4 Å². The summed E-state index contributed by atoms with van der Waals surface area (Å²) >= 11 is 5.80. The number of hydrogen-bond donors (Lipinski definition) is 1. The largest absolute Gasteiger partial charge is 0.383 e. The van der Waals surface area contributed by atoms with Crippen molar-refractivity contribution in [3.63, 3.8) is 0 Å². The molecule has 2 rings (SSSR count). The van der Waals surface area contributed by atoms with Crippen LogP contribution in [0.2, 0.25) is 5.15 Å². The monoisotopic (exact) mass is 283 g/mol. The Morgan fingerprint density at radius 1 is 1.47 bits per heavy atom. The zero-order chi connectivity index (χ0) is 13.9. The highest BCUT2D eigenvalue weighted by Gasteiger charge is 2.36. The molecule has 2 heterocycles. The van der Waals surface area contributed by atoms with E-state index in [1.807, 2.05) is 6.92 Å². The Morgan fingerprint density at radius 3 is 2.74 bits per heavy atom. The Labute approximate surface area is 117 Å². The first kappa shape index (κ1) is 14.2. The van der Waals surface area contributed by atoms with E-state index < -0.39 is 5.60 Å². The van der Waals surface area contributed by atoms with Crippen LogP contribution in [-0.4, -0.2) is 39.0 Å². The van der Waals surface area contributed by atoms with Gasteiger partial charge in [0.15, 0.2) is 0 Å². The van der Waals surface area contributed by atoms with Crippen LogP contribution in [0.5, 0.6) is 0 Å². The van der Waals surface area contributed by atoms with E-state index in [1.165, 1.54) is 12.4 Å². The highest BCUT2D eigenvalue weighted by molar-refractivity contribution is 6.29. The maximum atomic E-state index is 11.8. The van der Waals surface area contributed by atoms with Gasteiger partial charge < -0.3 is 10.0 Å². The number of aromatic nitrogens is 2. The molecule has 104 valence electrons. The van der Waals surface area contributed by atoms with Crippen molar-refractivity contribution >= 4 is 17.5 Å². The number of rotatable bonds is 3. The molecule has 5 nitrogen and oxygen atoms in total. The lowest BCUT2D eigenvalue weighted by Crippen LogP contribution is -2.45. The van der Waals surface area contributed by atoms with Gasteiger partial charge in [0.2, 0.25) is 5.91 Å². The summed E-state index contributed by atoms with van der Waals surface area (Å²) < 4.78 is 0. The van der Waals surface area contributed by atoms with Gasteiger partial charge in [-0.2, -0.15) is 0 Å². The highest BCUT2D eigenvalue weighted by atomic mass is 35.5. The molecule has 1 aromatic rings. The Balaban J connectivity index is 2.04. The molecule has 0 spiro atoms. The third-order valence-corrected chi connectivity index (χ3v) is 3.67. The minimum Gasteiger partial charge on any atom is -0.383 e. The molecule has 1 saturated heterocycles. The maximum absolute atomic E-state index is 11.8. The molecular formula is C13H18ClN3O2. The molecule has 0 aromatic carbocycles. The average molecular weight is 284 g/mol. The van der Waals surface area contributed by atoms with E-state index in [9.17, 15) is 9.90 Å². The second kappa shape index (κ2) is 5.84. The quantitative estimate of drug-likeness (QED) is 0.918. The van der Waals surface area contributed by atoms with Crippen LogP contribution in [0.4, 0.5) is 0 Å². The molecule has 1 aliphatic rings. The van der Waals surface area contributed by atoms with Gasteiger partial charge in [0.25, 0.3) is 0 Å². The van der Waals surface area contributed by atoms with E-state index in [-0.39, 0.29) is 11.1 Å². The Bertz CT molecular complexity index is 459. The number of nitrogens with zero attached hydrogens (tertiary/aromatic N) is 3. The molecule has 0 saturated carbocycles. The van der Waals surface area contributed by atoms with E-state index in [0.717, 1.165) is 6.42 Å². The first-order chi connectivity index (χ1) is 9.05. The fourth-order valence-corrected chi connectivity index (χ4v) is 2.47. The molecule has 0 bridgehead atoms. The van der Waals surface area contributed by atoms with Gasteiger partial charge in [-0.15, -0.1) is 0 Å². The summed E-state index contributed by atoms with van der Waals surface area (Å²) in [6, 6.07) is 0. The van der Waals surface area contributed by atoms with Gasteiger partial charge in [-0.3, -0.25) is 9.78 Å². The highest BCUT2D eigenvalue weighted by Crippen LogP contribution is 2.31. The van der Waals surface area contributed by atoms with E-state index >= 15 is 0 Å². The van der Waals surface area contributed by atoms with Crippen molar-refractivity contribution in [2.45, 2.75) is 38.2 Å². The van der Waals surface area contributed by atoms with Crippen molar-refractivity contribution in [2.75, 3.05) is 13.1 Å². The third-order valence-electron chi connectivity index (χ3n) is 3.49. The van der Waals surface area contributed by atoms with Crippen molar-refractivity contribution in [2.24, 2.45) is 0 Å². The van der Waals surface area contributed by atoms with Crippen molar-refractivity contribution in [1.82, 2.24) is 14.9 Å². The lowest BCUT2D eigenvalue weighted by molar-refractivity contribution is -0.135. The van der Waals surface area contributed by atoms with Crippen molar-refractivity contribution in [3.05, 3.63) is 23.2 Å². The summed E-state index contributed by atoms with van der Waals surface area (Å²) in [7, 11) is 0. The minimum absolute atomic E-state index is 0.154. The molecule has 1 N–H and O–H groups in total.